The number of aliphatic hydroxyl groups excluding tert-OH is 1. The van der Waals surface area contributed by atoms with Crippen molar-refractivity contribution in [1.82, 2.24) is 19.7 Å². The number of aliphatic hydroxyl groups is 1. The SMILES string of the molecule is NC(=O)c1csc2ncn(Cc3nc(CC(O)c4ccc(Cl)cc4)no3)c(=O)c12. The zero-order valence-corrected chi connectivity index (χ0v) is 16.4. The van der Waals surface area contributed by atoms with Gasteiger partial charge in [0.2, 0.25) is 11.8 Å². The van der Waals surface area contributed by atoms with E-state index in [1.54, 1.807) is 24.3 Å². The Balaban J connectivity index is 1.54. The molecule has 1 amide bonds. The van der Waals surface area contributed by atoms with Crippen LogP contribution in [0.25, 0.3) is 10.2 Å². The van der Waals surface area contributed by atoms with Gasteiger partial charge in [-0.2, -0.15) is 4.98 Å². The van der Waals surface area contributed by atoms with Crippen molar-refractivity contribution in [1.29, 1.82) is 0 Å². The van der Waals surface area contributed by atoms with Gasteiger partial charge in [0, 0.05) is 16.8 Å². The summed E-state index contributed by atoms with van der Waals surface area (Å²) >= 11 is 7.01. The molecule has 0 saturated carbocycles. The summed E-state index contributed by atoms with van der Waals surface area (Å²) in [4.78, 5) is 33.0. The van der Waals surface area contributed by atoms with Crippen molar-refractivity contribution in [2.45, 2.75) is 19.1 Å². The number of aromatic nitrogens is 4. The number of carbonyl (C=O) groups excluding carboxylic acids is 1. The molecule has 29 heavy (non-hydrogen) atoms. The highest BCUT2D eigenvalue weighted by molar-refractivity contribution is 7.17. The molecule has 148 valence electrons. The second-order valence-electron chi connectivity index (χ2n) is 6.25. The molecule has 0 fully saturated rings. The highest BCUT2D eigenvalue weighted by Gasteiger charge is 2.18. The largest absolute Gasteiger partial charge is 0.388 e. The Morgan fingerprint density at radius 2 is 2.10 bits per heavy atom. The molecule has 0 aliphatic heterocycles. The Bertz CT molecular complexity index is 1250. The van der Waals surface area contributed by atoms with Gasteiger partial charge in [0.25, 0.3) is 5.56 Å². The maximum atomic E-state index is 12.7. The highest BCUT2D eigenvalue weighted by atomic mass is 35.5. The molecule has 3 aromatic heterocycles. The van der Waals surface area contributed by atoms with E-state index < -0.39 is 17.6 Å². The Morgan fingerprint density at radius 1 is 1.34 bits per heavy atom. The summed E-state index contributed by atoms with van der Waals surface area (Å²) in [5.41, 5.74) is 5.70. The lowest BCUT2D eigenvalue weighted by atomic mass is 10.1. The molecule has 3 heterocycles. The van der Waals surface area contributed by atoms with E-state index in [2.05, 4.69) is 15.1 Å². The molecule has 0 radical (unpaired) electrons. The van der Waals surface area contributed by atoms with Crippen molar-refractivity contribution in [3.63, 3.8) is 0 Å². The van der Waals surface area contributed by atoms with Crippen LogP contribution >= 0.6 is 22.9 Å². The predicted molar refractivity (Wildman–Crippen MR) is 106 cm³/mol. The first-order chi connectivity index (χ1) is 13.9. The number of hydrogen-bond donors (Lipinski definition) is 2. The summed E-state index contributed by atoms with van der Waals surface area (Å²) < 4.78 is 6.44. The molecule has 0 aliphatic rings. The van der Waals surface area contributed by atoms with E-state index in [1.165, 1.54) is 27.6 Å². The first-order valence-corrected chi connectivity index (χ1v) is 9.69. The highest BCUT2D eigenvalue weighted by Crippen LogP contribution is 2.21. The molecule has 0 aliphatic carbocycles. The van der Waals surface area contributed by atoms with Crippen LogP contribution in [0.15, 0.2) is 45.3 Å². The Hall–Kier alpha value is -3.08. The number of hydrogen-bond acceptors (Lipinski definition) is 8. The second-order valence-corrected chi connectivity index (χ2v) is 7.54. The summed E-state index contributed by atoms with van der Waals surface area (Å²) in [7, 11) is 0. The molecule has 9 nitrogen and oxygen atoms in total. The minimum Gasteiger partial charge on any atom is -0.388 e. The Morgan fingerprint density at radius 3 is 2.83 bits per heavy atom. The summed E-state index contributed by atoms with van der Waals surface area (Å²) in [5, 5.41) is 16.4. The van der Waals surface area contributed by atoms with Crippen LogP contribution in [0.3, 0.4) is 0 Å². The molecule has 4 aromatic rings. The lowest BCUT2D eigenvalue weighted by Crippen LogP contribution is -2.23. The first kappa shape index (κ1) is 19.2. The minimum atomic E-state index is -0.831. The fraction of sp³-hybridized carbons (Fsp3) is 0.167. The molecule has 0 spiro atoms. The van der Waals surface area contributed by atoms with Crippen molar-refractivity contribution in [2.24, 2.45) is 5.73 Å². The van der Waals surface area contributed by atoms with Crippen molar-refractivity contribution in [2.75, 3.05) is 0 Å². The van der Waals surface area contributed by atoms with Gasteiger partial charge in [-0.05, 0) is 17.7 Å². The van der Waals surface area contributed by atoms with E-state index >= 15 is 0 Å². The smallest absolute Gasteiger partial charge is 0.263 e. The Kier molecular flexibility index (Phi) is 5.14. The fourth-order valence-corrected chi connectivity index (χ4v) is 3.83. The van der Waals surface area contributed by atoms with Gasteiger partial charge in [0.05, 0.1) is 23.4 Å². The van der Waals surface area contributed by atoms with Crippen LogP contribution in [0.5, 0.6) is 0 Å². The first-order valence-electron chi connectivity index (χ1n) is 8.44. The average Bonchev–Trinajstić information content (AvgIpc) is 3.32. The lowest BCUT2D eigenvalue weighted by Gasteiger charge is -2.08. The van der Waals surface area contributed by atoms with Gasteiger partial charge in [-0.3, -0.25) is 14.2 Å². The molecular formula is C18H14ClN5O4S. The third-order valence-corrected chi connectivity index (χ3v) is 5.41. The standard InChI is InChI=1S/C18H14ClN5O4S/c19-10-3-1-9(2-4-10)12(25)5-13-22-14(28-23-13)6-24-8-21-17-15(18(24)27)11(7-29-17)16(20)26/h1-4,7-8,12,25H,5-6H2,(H2,20,26). The zero-order chi connectivity index (χ0) is 20.5. The van der Waals surface area contributed by atoms with Crippen LogP contribution in [-0.2, 0) is 13.0 Å². The van der Waals surface area contributed by atoms with Gasteiger partial charge in [-0.15, -0.1) is 11.3 Å². The number of nitrogens with two attached hydrogens (primary N) is 1. The van der Waals surface area contributed by atoms with Crippen molar-refractivity contribution in [3.8, 4) is 0 Å². The number of thiophene rings is 1. The van der Waals surface area contributed by atoms with Gasteiger partial charge in [0.1, 0.15) is 11.4 Å². The quantitative estimate of drug-likeness (QED) is 0.475. The third-order valence-electron chi connectivity index (χ3n) is 4.27. The molecular weight excluding hydrogens is 418 g/mol. The molecule has 3 N–H and O–H groups in total. The van der Waals surface area contributed by atoms with Gasteiger partial charge >= 0.3 is 0 Å². The van der Waals surface area contributed by atoms with Gasteiger partial charge in [-0.1, -0.05) is 28.9 Å². The van der Waals surface area contributed by atoms with Gasteiger partial charge in [0.15, 0.2) is 5.82 Å². The van der Waals surface area contributed by atoms with E-state index in [9.17, 15) is 14.7 Å². The number of carbonyl (C=O) groups is 1. The summed E-state index contributed by atoms with van der Waals surface area (Å²) in [5.74, 6) is -0.232. The van der Waals surface area contributed by atoms with E-state index in [4.69, 9.17) is 21.9 Å². The number of amides is 1. The number of fused-ring (bicyclic) bond motifs is 1. The average molecular weight is 432 g/mol. The second kappa shape index (κ2) is 7.74. The van der Waals surface area contributed by atoms with Crippen LogP contribution in [0, 0.1) is 0 Å². The minimum absolute atomic E-state index is 0.0279. The third kappa shape index (κ3) is 3.90. The van der Waals surface area contributed by atoms with Crippen molar-refractivity contribution >= 4 is 39.1 Å². The number of halogens is 1. The number of primary amides is 1. The topological polar surface area (TPSA) is 137 Å². The van der Waals surface area contributed by atoms with Crippen LogP contribution in [0.1, 0.15) is 33.7 Å². The van der Waals surface area contributed by atoms with Crippen LogP contribution in [-0.4, -0.2) is 30.7 Å². The van der Waals surface area contributed by atoms with Crippen molar-refractivity contribution < 1.29 is 14.4 Å². The monoisotopic (exact) mass is 431 g/mol. The van der Waals surface area contributed by atoms with Gasteiger partial charge in [-0.25, -0.2) is 4.98 Å². The maximum Gasteiger partial charge on any atom is 0.263 e. The molecule has 1 unspecified atom stereocenters. The van der Waals surface area contributed by atoms with Crippen molar-refractivity contribution in [3.05, 3.63) is 74.2 Å². The summed E-state index contributed by atoms with van der Waals surface area (Å²) in [6.45, 7) is -0.0279. The van der Waals surface area contributed by atoms with E-state index in [0.29, 0.717) is 15.4 Å². The lowest BCUT2D eigenvalue weighted by molar-refractivity contribution is 0.100. The molecule has 0 saturated heterocycles. The Labute approximate surface area is 172 Å². The van der Waals surface area contributed by atoms with Crippen LogP contribution < -0.4 is 11.3 Å². The molecule has 1 atom stereocenters. The number of benzene rings is 1. The van der Waals surface area contributed by atoms with Crippen LogP contribution in [0.4, 0.5) is 0 Å². The maximum absolute atomic E-state index is 12.7. The molecule has 0 bridgehead atoms. The molecule has 11 heteroatoms. The van der Waals surface area contributed by atoms with Crippen LogP contribution in [0.2, 0.25) is 5.02 Å². The molecule has 1 aromatic carbocycles. The predicted octanol–water partition coefficient (Wildman–Crippen LogP) is 1.92. The normalized spacial score (nSPS) is 12.3. The fourth-order valence-electron chi connectivity index (χ4n) is 2.82. The van der Waals surface area contributed by atoms with E-state index in [1.807, 2.05) is 0 Å². The number of rotatable bonds is 6. The zero-order valence-electron chi connectivity index (χ0n) is 14.8. The van der Waals surface area contributed by atoms with E-state index in [0.717, 1.165) is 0 Å². The molecule has 4 rings (SSSR count). The number of nitrogens with zero attached hydrogens (tertiary/aromatic N) is 4. The van der Waals surface area contributed by atoms with E-state index in [-0.39, 0.29) is 35.6 Å². The summed E-state index contributed by atoms with van der Waals surface area (Å²) in [6.07, 6.45) is 0.647. The summed E-state index contributed by atoms with van der Waals surface area (Å²) in [6, 6.07) is 6.79. The van der Waals surface area contributed by atoms with Gasteiger partial charge < -0.3 is 15.4 Å².